The van der Waals surface area contributed by atoms with Crippen molar-refractivity contribution in [1.82, 2.24) is 0 Å². The van der Waals surface area contributed by atoms with Gasteiger partial charge in [-0.3, -0.25) is 0 Å². The molecule has 0 saturated carbocycles. The summed E-state index contributed by atoms with van der Waals surface area (Å²) >= 11 is 3.31. The van der Waals surface area contributed by atoms with Crippen LogP contribution in [0, 0.1) is 0 Å². The molecule has 0 aliphatic carbocycles. The molecular weight excluding hydrogens is 152 g/mol. The second-order valence-corrected chi connectivity index (χ2v) is 2.21. The zero-order chi connectivity index (χ0) is 5.70. The van der Waals surface area contributed by atoms with E-state index in [0.29, 0.717) is 0 Å². The predicted molar refractivity (Wildman–Crippen MR) is 37.8 cm³/mol. The van der Waals surface area contributed by atoms with Crippen LogP contribution in [0.25, 0.3) is 0 Å². The molecule has 0 N–H and O–H groups in total. The first-order valence-corrected chi connectivity index (χ1v) is 3.65. The molecule has 7 heavy (non-hydrogen) atoms. The first-order valence-electron chi connectivity index (χ1n) is 2.52. The molecule has 0 unspecified atom stereocenters. The van der Waals surface area contributed by atoms with Gasteiger partial charge in [0.05, 0.1) is 0 Å². The number of halogens is 1. The van der Waals surface area contributed by atoms with Crippen LogP contribution in [0.4, 0.5) is 0 Å². The van der Waals surface area contributed by atoms with Crippen LogP contribution >= 0.6 is 15.9 Å². The Morgan fingerprint density at radius 2 is 2.29 bits per heavy atom. The second-order valence-electron chi connectivity index (χ2n) is 1.56. The van der Waals surface area contributed by atoms with Gasteiger partial charge in [-0.25, -0.2) is 0 Å². The maximum atomic E-state index is 3.31. The molecule has 0 aromatic rings. The molecule has 0 aliphatic rings. The average Bonchev–Trinajstić information content (AvgIpc) is 1.68. The minimum absolute atomic E-state index is 0.993. The van der Waals surface area contributed by atoms with Crippen molar-refractivity contribution in [3.8, 4) is 0 Å². The van der Waals surface area contributed by atoms with E-state index in [1.165, 1.54) is 12.0 Å². The van der Waals surface area contributed by atoms with Gasteiger partial charge in [-0.05, 0) is 13.3 Å². The molecule has 0 bridgehead atoms. The van der Waals surface area contributed by atoms with Crippen molar-refractivity contribution in [2.45, 2.75) is 20.3 Å². The molecule has 0 rings (SSSR count). The van der Waals surface area contributed by atoms with Crippen LogP contribution < -0.4 is 0 Å². The summed E-state index contributed by atoms with van der Waals surface area (Å²) in [7, 11) is 0. The van der Waals surface area contributed by atoms with E-state index in [1.54, 1.807) is 0 Å². The lowest BCUT2D eigenvalue weighted by molar-refractivity contribution is 1.09. The normalized spacial score (nSPS) is 12.1. The molecule has 0 radical (unpaired) electrons. The van der Waals surface area contributed by atoms with Crippen molar-refractivity contribution in [2.24, 2.45) is 0 Å². The summed E-state index contributed by atoms with van der Waals surface area (Å²) in [5, 5.41) is 0.993. The Hall–Kier alpha value is 0.220. The van der Waals surface area contributed by atoms with Gasteiger partial charge in [0.1, 0.15) is 0 Å². The Labute approximate surface area is 53.7 Å². The summed E-state index contributed by atoms with van der Waals surface area (Å²) in [5.41, 5.74) is 1.46. The van der Waals surface area contributed by atoms with Gasteiger partial charge in [-0.15, -0.1) is 0 Å². The Morgan fingerprint density at radius 1 is 1.71 bits per heavy atom. The average molecular weight is 163 g/mol. The van der Waals surface area contributed by atoms with E-state index in [9.17, 15) is 0 Å². The molecule has 0 atom stereocenters. The molecule has 0 fully saturated rings. The lowest BCUT2D eigenvalue weighted by Gasteiger charge is -1.87. The standard InChI is InChI=1S/C6H11Br/c1-3-6(2)4-5-7/h4H,3,5H2,1-2H3. The topological polar surface area (TPSA) is 0 Å². The zero-order valence-electron chi connectivity index (χ0n) is 4.87. The summed E-state index contributed by atoms with van der Waals surface area (Å²) in [6, 6.07) is 0. The Morgan fingerprint density at radius 3 is 2.43 bits per heavy atom. The second kappa shape index (κ2) is 4.38. The van der Waals surface area contributed by atoms with Crippen LogP contribution in [0.5, 0.6) is 0 Å². The molecule has 0 spiro atoms. The quantitative estimate of drug-likeness (QED) is 0.433. The van der Waals surface area contributed by atoms with Crippen LogP contribution in [0.3, 0.4) is 0 Å². The van der Waals surface area contributed by atoms with Gasteiger partial charge in [0.15, 0.2) is 0 Å². The molecule has 1 heteroatoms. The van der Waals surface area contributed by atoms with Gasteiger partial charge < -0.3 is 0 Å². The van der Waals surface area contributed by atoms with Gasteiger partial charge in [0.2, 0.25) is 0 Å². The van der Waals surface area contributed by atoms with Crippen LogP contribution in [-0.2, 0) is 0 Å². The molecule has 0 aliphatic heterocycles. The van der Waals surface area contributed by atoms with E-state index in [2.05, 4.69) is 35.9 Å². The van der Waals surface area contributed by atoms with Crippen molar-refractivity contribution in [3.63, 3.8) is 0 Å². The van der Waals surface area contributed by atoms with E-state index in [4.69, 9.17) is 0 Å². The summed E-state index contributed by atoms with van der Waals surface area (Å²) in [4.78, 5) is 0. The van der Waals surface area contributed by atoms with E-state index in [0.717, 1.165) is 5.33 Å². The van der Waals surface area contributed by atoms with Gasteiger partial charge in [0, 0.05) is 5.33 Å². The largest absolute Gasteiger partial charge is 0.0883 e. The highest BCUT2D eigenvalue weighted by Crippen LogP contribution is 1.97. The van der Waals surface area contributed by atoms with Crippen LogP contribution in [0.15, 0.2) is 11.6 Å². The van der Waals surface area contributed by atoms with Gasteiger partial charge >= 0.3 is 0 Å². The van der Waals surface area contributed by atoms with Crippen molar-refractivity contribution >= 4 is 15.9 Å². The highest BCUT2D eigenvalue weighted by Gasteiger charge is 1.77. The van der Waals surface area contributed by atoms with Crippen molar-refractivity contribution in [1.29, 1.82) is 0 Å². The Balaban J connectivity index is 3.29. The third kappa shape index (κ3) is 4.07. The number of hydrogen-bond donors (Lipinski definition) is 0. The predicted octanol–water partition coefficient (Wildman–Crippen LogP) is 2.74. The third-order valence-electron chi connectivity index (χ3n) is 0.983. The minimum atomic E-state index is 0.993. The fourth-order valence-corrected chi connectivity index (χ4v) is 0.829. The Kier molecular flexibility index (Phi) is 4.52. The molecular formula is C6H11Br. The van der Waals surface area contributed by atoms with Gasteiger partial charge in [-0.1, -0.05) is 34.5 Å². The maximum absolute atomic E-state index is 3.31. The number of allylic oxidation sites excluding steroid dienone is 2. The summed E-state index contributed by atoms with van der Waals surface area (Å²) in [5.74, 6) is 0. The summed E-state index contributed by atoms with van der Waals surface area (Å²) in [6.45, 7) is 4.30. The van der Waals surface area contributed by atoms with E-state index in [-0.39, 0.29) is 0 Å². The summed E-state index contributed by atoms with van der Waals surface area (Å²) in [6.07, 6.45) is 3.35. The molecule has 0 saturated heterocycles. The van der Waals surface area contributed by atoms with Crippen LogP contribution in [0.1, 0.15) is 20.3 Å². The monoisotopic (exact) mass is 162 g/mol. The first-order chi connectivity index (χ1) is 3.31. The highest BCUT2D eigenvalue weighted by molar-refractivity contribution is 9.09. The molecule has 0 aromatic carbocycles. The van der Waals surface area contributed by atoms with E-state index < -0.39 is 0 Å². The number of hydrogen-bond acceptors (Lipinski definition) is 0. The molecule has 0 heterocycles. The minimum Gasteiger partial charge on any atom is -0.0883 e. The molecule has 42 valence electrons. The van der Waals surface area contributed by atoms with E-state index >= 15 is 0 Å². The molecule has 0 amide bonds. The lowest BCUT2D eigenvalue weighted by Crippen LogP contribution is -1.69. The fraction of sp³-hybridized carbons (Fsp3) is 0.667. The van der Waals surface area contributed by atoms with Gasteiger partial charge in [-0.2, -0.15) is 0 Å². The summed E-state index contributed by atoms with van der Waals surface area (Å²) < 4.78 is 0. The molecule has 0 nitrogen and oxygen atoms in total. The SMILES string of the molecule is CCC(C)=CCBr. The maximum Gasteiger partial charge on any atom is 0.0214 e. The molecule has 0 aromatic heterocycles. The van der Waals surface area contributed by atoms with Gasteiger partial charge in [0.25, 0.3) is 0 Å². The number of alkyl halides is 1. The van der Waals surface area contributed by atoms with Crippen molar-refractivity contribution in [2.75, 3.05) is 5.33 Å². The van der Waals surface area contributed by atoms with Crippen LogP contribution in [-0.4, -0.2) is 5.33 Å². The van der Waals surface area contributed by atoms with Crippen molar-refractivity contribution < 1.29 is 0 Å². The third-order valence-corrected chi connectivity index (χ3v) is 1.31. The van der Waals surface area contributed by atoms with Crippen LogP contribution in [0.2, 0.25) is 0 Å². The van der Waals surface area contributed by atoms with Crippen molar-refractivity contribution in [3.05, 3.63) is 11.6 Å². The Bertz CT molecular complexity index is 64.6. The number of rotatable bonds is 2. The fourth-order valence-electron chi connectivity index (χ4n) is 0.276. The lowest BCUT2D eigenvalue weighted by atomic mass is 10.2. The van der Waals surface area contributed by atoms with E-state index in [1.807, 2.05) is 0 Å². The smallest absolute Gasteiger partial charge is 0.0214 e. The first kappa shape index (κ1) is 7.22. The highest BCUT2D eigenvalue weighted by atomic mass is 79.9. The zero-order valence-corrected chi connectivity index (χ0v) is 6.46.